The van der Waals surface area contributed by atoms with E-state index in [-0.39, 0.29) is 5.91 Å². The van der Waals surface area contributed by atoms with E-state index in [1.165, 1.54) is 6.42 Å². The SMILES string of the molecule is CC.CCC.CCCOCCOCCOCCC(=O)N1CCNCC1. The Balaban J connectivity index is 0. The van der Waals surface area contributed by atoms with E-state index in [9.17, 15) is 4.79 Å². The van der Waals surface area contributed by atoms with Crippen molar-refractivity contribution in [2.45, 2.75) is 53.9 Å². The van der Waals surface area contributed by atoms with Crippen molar-refractivity contribution >= 4 is 5.91 Å². The van der Waals surface area contributed by atoms with E-state index >= 15 is 0 Å². The molecule has 0 atom stereocenters. The van der Waals surface area contributed by atoms with Crippen molar-refractivity contribution in [3.63, 3.8) is 0 Å². The van der Waals surface area contributed by atoms with Crippen LogP contribution in [0.3, 0.4) is 0 Å². The summed E-state index contributed by atoms with van der Waals surface area (Å²) >= 11 is 0. The molecule has 1 aliphatic heterocycles. The van der Waals surface area contributed by atoms with Crippen molar-refractivity contribution in [3.05, 3.63) is 0 Å². The van der Waals surface area contributed by atoms with Crippen LogP contribution in [-0.4, -0.2) is 76.6 Å². The molecule has 6 nitrogen and oxygen atoms in total. The maximum Gasteiger partial charge on any atom is 0.224 e. The Hall–Kier alpha value is -0.690. The smallest absolute Gasteiger partial charge is 0.224 e. The molecular weight excluding hydrogens is 320 g/mol. The number of nitrogens with zero attached hydrogens (tertiary/aromatic N) is 1. The summed E-state index contributed by atoms with van der Waals surface area (Å²) < 4.78 is 16.0. The van der Waals surface area contributed by atoms with E-state index < -0.39 is 0 Å². The van der Waals surface area contributed by atoms with Gasteiger partial charge in [0.25, 0.3) is 0 Å². The van der Waals surface area contributed by atoms with Gasteiger partial charge in [0.15, 0.2) is 0 Å². The lowest BCUT2D eigenvalue weighted by atomic mass is 10.3. The summed E-state index contributed by atoms with van der Waals surface area (Å²) in [5.74, 6) is 0.181. The van der Waals surface area contributed by atoms with Crippen LogP contribution in [-0.2, 0) is 19.0 Å². The molecule has 0 aromatic rings. The van der Waals surface area contributed by atoms with Gasteiger partial charge in [-0.15, -0.1) is 0 Å². The lowest BCUT2D eigenvalue weighted by Crippen LogP contribution is -2.46. The minimum absolute atomic E-state index is 0.181. The predicted molar refractivity (Wildman–Crippen MR) is 104 cm³/mol. The zero-order chi connectivity index (χ0) is 19.2. The summed E-state index contributed by atoms with van der Waals surface area (Å²) in [5, 5.41) is 3.23. The summed E-state index contributed by atoms with van der Waals surface area (Å²) in [5.41, 5.74) is 0. The van der Waals surface area contributed by atoms with Crippen LogP contribution in [0, 0.1) is 0 Å². The van der Waals surface area contributed by atoms with Crippen LogP contribution in [0.5, 0.6) is 0 Å². The third-order valence-corrected chi connectivity index (χ3v) is 3.02. The van der Waals surface area contributed by atoms with Crippen LogP contribution in [0.1, 0.15) is 53.9 Å². The molecule has 1 rings (SSSR count). The molecule has 0 aromatic carbocycles. The topological polar surface area (TPSA) is 60.0 Å². The molecule has 1 fully saturated rings. The quantitative estimate of drug-likeness (QED) is 0.573. The second-order valence-electron chi connectivity index (χ2n) is 5.43. The van der Waals surface area contributed by atoms with E-state index in [1.54, 1.807) is 0 Å². The first-order valence-corrected chi connectivity index (χ1v) is 9.97. The van der Waals surface area contributed by atoms with Gasteiger partial charge < -0.3 is 24.4 Å². The molecule has 1 aliphatic rings. The fraction of sp³-hybridized carbons (Fsp3) is 0.947. The Morgan fingerprint density at radius 2 is 1.28 bits per heavy atom. The molecule has 1 saturated heterocycles. The number of hydrogen-bond donors (Lipinski definition) is 1. The number of carbonyl (C=O) groups excluding carboxylic acids is 1. The van der Waals surface area contributed by atoms with Crippen LogP contribution in [0.2, 0.25) is 0 Å². The van der Waals surface area contributed by atoms with Crippen LogP contribution in [0.4, 0.5) is 0 Å². The molecule has 0 unspecified atom stereocenters. The number of piperazine rings is 1. The second kappa shape index (κ2) is 23.3. The predicted octanol–water partition coefficient (Wildman–Crippen LogP) is 2.71. The molecule has 152 valence electrons. The van der Waals surface area contributed by atoms with Crippen LogP contribution in [0.25, 0.3) is 0 Å². The van der Waals surface area contributed by atoms with Crippen LogP contribution in [0.15, 0.2) is 0 Å². The van der Waals surface area contributed by atoms with Gasteiger partial charge in [-0.1, -0.05) is 41.0 Å². The first-order valence-electron chi connectivity index (χ1n) is 9.97. The van der Waals surface area contributed by atoms with Gasteiger partial charge in [-0.2, -0.15) is 0 Å². The number of rotatable bonds is 11. The second-order valence-corrected chi connectivity index (χ2v) is 5.43. The molecule has 6 heteroatoms. The average molecular weight is 363 g/mol. The maximum atomic E-state index is 11.8. The fourth-order valence-corrected chi connectivity index (χ4v) is 1.92. The first-order chi connectivity index (χ1) is 12.3. The van der Waals surface area contributed by atoms with E-state index in [0.717, 1.165) is 39.2 Å². The van der Waals surface area contributed by atoms with Gasteiger partial charge in [0, 0.05) is 32.8 Å². The number of ether oxygens (including phenoxy) is 3. The van der Waals surface area contributed by atoms with Gasteiger partial charge in [0.2, 0.25) is 5.91 Å². The zero-order valence-electron chi connectivity index (χ0n) is 17.3. The third kappa shape index (κ3) is 19.5. The highest BCUT2D eigenvalue weighted by Gasteiger charge is 2.15. The van der Waals surface area contributed by atoms with E-state index in [0.29, 0.717) is 39.5 Å². The summed E-state index contributed by atoms with van der Waals surface area (Å²) in [6, 6.07) is 0. The Kier molecular flexibility index (Phi) is 24.7. The van der Waals surface area contributed by atoms with Gasteiger partial charge in [-0.05, 0) is 6.42 Å². The fourth-order valence-electron chi connectivity index (χ4n) is 1.92. The third-order valence-electron chi connectivity index (χ3n) is 3.02. The number of amides is 1. The van der Waals surface area contributed by atoms with E-state index in [1.807, 2.05) is 18.7 Å². The summed E-state index contributed by atoms with van der Waals surface area (Å²) in [4.78, 5) is 13.7. The lowest BCUT2D eigenvalue weighted by molar-refractivity contribution is -0.133. The normalized spacial score (nSPS) is 13.4. The standard InChI is InChI=1S/C14H28N2O4.C3H8.C2H6/c1-2-8-18-10-12-20-13-11-19-9-3-14(17)16-6-4-15-5-7-16;1-3-2;1-2/h15H,2-13H2,1H3;3H2,1-2H3;1-2H3. The van der Waals surface area contributed by atoms with Crippen molar-refractivity contribution in [2.24, 2.45) is 0 Å². The number of carbonyl (C=O) groups is 1. The summed E-state index contributed by atoms with van der Waals surface area (Å²) in [6.45, 7) is 17.3. The molecule has 0 aliphatic carbocycles. The van der Waals surface area contributed by atoms with Gasteiger partial charge in [0.05, 0.1) is 39.5 Å². The lowest BCUT2D eigenvalue weighted by Gasteiger charge is -2.27. The molecule has 0 saturated carbocycles. The maximum absolute atomic E-state index is 11.8. The molecule has 0 spiro atoms. The van der Waals surface area contributed by atoms with Crippen LogP contribution >= 0.6 is 0 Å². The van der Waals surface area contributed by atoms with Crippen molar-refractivity contribution in [1.29, 1.82) is 0 Å². The molecule has 1 amide bonds. The van der Waals surface area contributed by atoms with Gasteiger partial charge in [-0.3, -0.25) is 4.79 Å². The highest BCUT2D eigenvalue weighted by molar-refractivity contribution is 5.76. The molecular formula is C19H42N2O4. The molecule has 25 heavy (non-hydrogen) atoms. The molecule has 0 radical (unpaired) electrons. The van der Waals surface area contributed by atoms with Crippen LogP contribution < -0.4 is 5.32 Å². The Morgan fingerprint density at radius 1 is 0.840 bits per heavy atom. The van der Waals surface area contributed by atoms with Crippen molar-refractivity contribution < 1.29 is 19.0 Å². The molecule has 1 N–H and O–H groups in total. The van der Waals surface area contributed by atoms with Crippen molar-refractivity contribution in [1.82, 2.24) is 10.2 Å². The minimum atomic E-state index is 0.181. The minimum Gasteiger partial charge on any atom is -0.379 e. The Bertz CT molecular complexity index is 260. The average Bonchev–Trinajstić information content (AvgIpc) is 2.66. The molecule has 0 bridgehead atoms. The van der Waals surface area contributed by atoms with Gasteiger partial charge in [-0.25, -0.2) is 0 Å². The number of nitrogens with one attached hydrogen (secondary N) is 1. The first kappa shape index (κ1) is 26.5. The van der Waals surface area contributed by atoms with Gasteiger partial charge in [0.1, 0.15) is 0 Å². The van der Waals surface area contributed by atoms with Crippen molar-refractivity contribution in [3.8, 4) is 0 Å². The summed E-state index contributed by atoms with van der Waals surface area (Å²) in [6.07, 6.45) is 2.74. The van der Waals surface area contributed by atoms with Gasteiger partial charge >= 0.3 is 0 Å². The highest BCUT2D eigenvalue weighted by atomic mass is 16.5. The monoisotopic (exact) mass is 362 g/mol. The van der Waals surface area contributed by atoms with E-state index in [2.05, 4.69) is 26.1 Å². The Morgan fingerprint density at radius 3 is 1.76 bits per heavy atom. The molecule has 0 aromatic heterocycles. The Labute approximate surface area is 155 Å². The van der Waals surface area contributed by atoms with Crippen molar-refractivity contribution in [2.75, 3.05) is 65.8 Å². The highest BCUT2D eigenvalue weighted by Crippen LogP contribution is 1.97. The number of hydrogen-bond acceptors (Lipinski definition) is 5. The molecule has 1 heterocycles. The zero-order valence-corrected chi connectivity index (χ0v) is 17.3. The summed E-state index contributed by atoms with van der Waals surface area (Å²) in [7, 11) is 0. The van der Waals surface area contributed by atoms with E-state index in [4.69, 9.17) is 14.2 Å². The largest absolute Gasteiger partial charge is 0.379 e.